The second-order valence-corrected chi connectivity index (χ2v) is 12.1. The average Bonchev–Trinajstić information content (AvgIpc) is 3.33. The summed E-state index contributed by atoms with van der Waals surface area (Å²) in [4.78, 5) is 15.5. The lowest BCUT2D eigenvalue weighted by Gasteiger charge is -2.44. The lowest BCUT2D eigenvalue weighted by molar-refractivity contribution is 0.176. The molecule has 0 amide bonds. The summed E-state index contributed by atoms with van der Waals surface area (Å²) in [5.74, 6) is 0.749. The van der Waals surface area contributed by atoms with Gasteiger partial charge < -0.3 is 4.90 Å². The van der Waals surface area contributed by atoms with Gasteiger partial charge in [-0.05, 0) is 79.6 Å². The zero-order chi connectivity index (χ0) is 24.5. The molecule has 0 saturated carbocycles. The van der Waals surface area contributed by atoms with Gasteiger partial charge in [0.1, 0.15) is 0 Å². The van der Waals surface area contributed by atoms with E-state index in [1.54, 1.807) is 30.7 Å². The van der Waals surface area contributed by atoms with E-state index >= 15 is 0 Å². The van der Waals surface area contributed by atoms with E-state index in [9.17, 15) is 5.58 Å². The zero-order valence-corrected chi connectivity index (χ0v) is 20.7. The number of fused-ring (bicyclic) bond motifs is 2. The van der Waals surface area contributed by atoms with Gasteiger partial charge in [-0.3, -0.25) is 9.38 Å². The van der Waals surface area contributed by atoms with Gasteiger partial charge in [0.05, 0.1) is 26.7 Å². The number of piperidine rings is 1. The molecule has 2 atom stereocenters. The Morgan fingerprint density at radius 2 is 2.06 bits per heavy atom. The summed E-state index contributed by atoms with van der Waals surface area (Å²) in [7, 11) is -1.57. The predicted molar refractivity (Wildman–Crippen MR) is 131 cm³/mol. The van der Waals surface area contributed by atoms with Crippen LogP contribution in [0.3, 0.4) is 0 Å². The van der Waals surface area contributed by atoms with E-state index < -0.39 is 33.5 Å². The highest BCUT2D eigenvalue weighted by atomic mass is 127. The van der Waals surface area contributed by atoms with Gasteiger partial charge in [-0.15, -0.1) is 0 Å². The first-order valence-electron chi connectivity index (χ1n) is 11.8. The van der Waals surface area contributed by atoms with Crippen molar-refractivity contribution in [3.05, 3.63) is 51.7 Å². The second-order valence-electron chi connectivity index (χ2n) is 8.98. The quantitative estimate of drug-likeness (QED) is 0.502. The molecule has 1 aliphatic heterocycles. The van der Waals surface area contributed by atoms with Crippen molar-refractivity contribution >= 4 is 45.2 Å². The monoisotopic (exact) mass is 553 g/mol. The van der Waals surface area contributed by atoms with Gasteiger partial charge in [0.2, 0.25) is 5.95 Å². The van der Waals surface area contributed by atoms with Gasteiger partial charge >= 0.3 is 0 Å². The highest BCUT2D eigenvalue weighted by Crippen LogP contribution is 2.52. The molecule has 9 heteroatoms. The molecule has 1 fully saturated rings. The first-order valence-corrected chi connectivity index (χ1v) is 12.5. The van der Waals surface area contributed by atoms with Crippen molar-refractivity contribution in [2.24, 2.45) is 5.41 Å². The zero-order valence-electron chi connectivity index (χ0n) is 20.7. The van der Waals surface area contributed by atoms with Crippen LogP contribution >= 0.6 is 22.6 Å². The van der Waals surface area contributed by atoms with Crippen LogP contribution in [-0.2, 0) is 17.4 Å². The fraction of sp³-hybridized carbons (Fsp3) is 0.500. The van der Waals surface area contributed by atoms with E-state index in [4.69, 9.17) is 2.74 Å². The molecule has 7 nitrogen and oxygen atoms in total. The van der Waals surface area contributed by atoms with Gasteiger partial charge in [0.25, 0.3) is 0 Å². The summed E-state index contributed by atoms with van der Waals surface area (Å²) in [6.45, 7) is 6.54. The molecule has 2 aliphatic rings. The van der Waals surface area contributed by atoms with Crippen LogP contribution in [0.25, 0.3) is 5.65 Å². The lowest BCUT2D eigenvalue weighted by atomic mass is 9.73. The van der Waals surface area contributed by atoms with Crippen molar-refractivity contribution in [3.8, 4) is 0 Å². The summed E-state index contributed by atoms with van der Waals surface area (Å²) in [6, 6.07) is 1.88. The van der Waals surface area contributed by atoms with Gasteiger partial charge in [-0.1, -0.05) is 6.07 Å². The van der Waals surface area contributed by atoms with Crippen LogP contribution in [0.15, 0.2) is 36.9 Å². The Morgan fingerprint density at radius 1 is 1.29 bits per heavy atom. The summed E-state index contributed by atoms with van der Waals surface area (Å²) in [5, 5.41) is 0. The molecule has 1 unspecified atom stereocenters. The van der Waals surface area contributed by atoms with Crippen molar-refractivity contribution in [3.63, 3.8) is 0 Å². The maximum absolute atomic E-state index is 13.2. The minimum atomic E-state index is -1.86. The van der Waals surface area contributed by atoms with E-state index in [1.165, 1.54) is 0 Å². The molecule has 31 heavy (non-hydrogen) atoms. The van der Waals surface area contributed by atoms with Crippen molar-refractivity contribution < 1.29 is 8.32 Å². The Bertz CT molecular complexity index is 1290. The van der Waals surface area contributed by atoms with E-state index in [0.717, 1.165) is 15.2 Å². The minimum absolute atomic E-state index is 0.265. The molecule has 1 aliphatic carbocycles. The van der Waals surface area contributed by atoms with Crippen molar-refractivity contribution in [1.82, 2.24) is 24.1 Å². The Hall–Kier alpha value is -1.59. The van der Waals surface area contributed by atoms with Gasteiger partial charge in [0.15, 0.2) is 5.65 Å². The molecule has 0 radical (unpaired) electrons. The number of rotatable bonds is 3. The molecule has 0 aromatic carbocycles. The highest BCUT2D eigenvalue weighted by Gasteiger charge is 2.49. The maximum Gasteiger partial charge on any atom is 0.211 e. The summed E-state index contributed by atoms with van der Waals surface area (Å²) >= 11 is 2.21. The maximum atomic E-state index is 13.2. The molecular formula is C22H27IN6OS. The number of nitrogens with zero attached hydrogens (tertiary/aromatic N) is 5. The third-order valence-electron chi connectivity index (χ3n) is 5.93. The lowest BCUT2D eigenvalue weighted by Crippen LogP contribution is -2.48. The molecule has 3 aromatic heterocycles. The van der Waals surface area contributed by atoms with Crippen LogP contribution in [0.4, 0.5) is 5.95 Å². The number of nitrogens with one attached hydrogen (secondary N) is 1. The van der Waals surface area contributed by atoms with Crippen molar-refractivity contribution in [2.45, 2.75) is 50.8 Å². The largest absolute Gasteiger partial charge is 0.342 e. The number of pyridine rings is 1. The Balaban J connectivity index is 1.55. The number of halogens is 1. The van der Waals surface area contributed by atoms with Crippen LogP contribution in [0.1, 0.15) is 55.0 Å². The Kier molecular flexibility index (Phi) is 4.49. The number of aromatic nitrogens is 4. The average molecular weight is 553 g/mol. The van der Waals surface area contributed by atoms with E-state index in [-0.39, 0.29) is 5.69 Å². The molecule has 4 heterocycles. The molecule has 0 bridgehead atoms. The first-order chi connectivity index (χ1) is 15.9. The van der Waals surface area contributed by atoms with Crippen LogP contribution in [-0.4, -0.2) is 41.4 Å². The number of imidazole rings is 1. The molecular weight excluding hydrogens is 523 g/mol. The van der Waals surface area contributed by atoms with Crippen molar-refractivity contribution in [1.29, 1.82) is 0 Å². The molecule has 5 rings (SSSR count). The normalized spacial score (nSPS) is 27.0. The van der Waals surface area contributed by atoms with Gasteiger partial charge in [-0.25, -0.2) is 18.9 Å². The molecule has 3 aromatic rings. The van der Waals surface area contributed by atoms with E-state index in [0.29, 0.717) is 31.5 Å². The summed E-state index contributed by atoms with van der Waals surface area (Å²) in [5.41, 5.74) is 0.415. The number of hydrogen-bond donors (Lipinski definition) is 1. The third kappa shape index (κ3) is 3.68. The topological polar surface area (TPSA) is 75.4 Å². The fourth-order valence-electron chi connectivity index (χ4n) is 4.23. The summed E-state index contributed by atoms with van der Waals surface area (Å²) < 4.78 is 46.5. The Morgan fingerprint density at radius 3 is 2.81 bits per heavy atom. The standard InChI is InChI=1S/C22H27IN6OS/c1-21(2,3)31(30)27-18-15-5-4-8-24-17(15)13-22(18)6-10-28(11-7-22)20-26-14-16(23)19-25-9-12-29(19)20/h4-5,8-9,12,14,18,27H,6-7,10-11,13H2,1-3H3/t18-,31?/m1/s1/i13D2,18D. The van der Waals surface area contributed by atoms with Gasteiger partial charge in [-0.2, -0.15) is 0 Å². The number of anilines is 1. The number of hydrogen-bond acceptors (Lipinski definition) is 5. The minimum Gasteiger partial charge on any atom is -0.342 e. The summed E-state index contributed by atoms with van der Waals surface area (Å²) in [6.07, 6.45) is 5.86. The second kappa shape index (κ2) is 7.77. The SMILES string of the molecule is [2H]C1([2H])c2ncccc2[C@@]([2H])(NS(=O)C(C)(C)C)C12CCN(c1ncc(I)c3nccn13)CC2. The Labute approximate surface area is 203 Å². The van der Waals surface area contributed by atoms with Crippen LogP contribution in [0, 0.1) is 8.99 Å². The smallest absolute Gasteiger partial charge is 0.211 e. The van der Waals surface area contributed by atoms with E-state index in [1.807, 2.05) is 31.4 Å². The van der Waals surface area contributed by atoms with Crippen LogP contribution in [0.2, 0.25) is 0 Å². The molecule has 1 saturated heterocycles. The molecule has 1 spiro atoms. The highest BCUT2D eigenvalue weighted by molar-refractivity contribution is 14.1. The first kappa shape index (κ1) is 17.9. The third-order valence-corrected chi connectivity index (χ3v) is 8.19. The van der Waals surface area contributed by atoms with Crippen LogP contribution < -0.4 is 9.62 Å². The predicted octanol–water partition coefficient (Wildman–Crippen LogP) is 3.66. The van der Waals surface area contributed by atoms with Crippen LogP contribution in [0.5, 0.6) is 0 Å². The molecule has 164 valence electrons. The van der Waals surface area contributed by atoms with Crippen molar-refractivity contribution in [2.75, 3.05) is 18.0 Å². The fourth-order valence-corrected chi connectivity index (χ4v) is 5.56. The molecule has 1 N–H and O–H groups in total. The van der Waals surface area contributed by atoms with Gasteiger partial charge in [0, 0.05) is 46.3 Å². The van der Waals surface area contributed by atoms with E-state index in [2.05, 4.69) is 47.2 Å².